The van der Waals surface area contributed by atoms with E-state index in [0.717, 1.165) is 5.56 Å². The fourth-order valence-corrected chi connectivity index (χ4v) is 2.75. The van der Waals surface area contributed by atoms with Gasteiger partial charge in [-0.25, -0.2) is 12.7 Å². The standard InChI is InChI=1S/C12H17N3O2S/c1-11(9-13)10-15(2)18(16,17)8-5-12-3-6-14-7-4-12/h3-4,6-7,11H,5,8,10H2,1-2H3. The van der Waals surface area contributed by atoms with Gasteiger partial charge in [0.1, 0.15) is 0 Å². The van der Waals surface area contributed by atoms with Gasteiger partial charge in [-0.2, -0.15) is 5.26 Å². The van der Waals surface area contributed by atoms with Gasteiger partial charge in [0.05, 0.1) is 17.7 Å². The molecule has 1 atom stereocenters. The van der Waals surface area contributed by atoms with Crippen LogP contribution in [0.5, 0.6) is 0 Å². The third-order valence-electron chi connectivity index (χ3n) is 2.62. The molecule has 6 heteroatoms. The molecule has 0 fully saturated rings. The maximum atomic E-state index is 12.0. The summed E-state index contributed by atoms with van der Waals surface area (Å²) in [5, 5.41) is 8.68. The van der Waals surface area contributed by atoms with Crippen LogP contribution in [-0.4, -0.2) is 37.1 Å². The summed E-state index contributed by atoms with van der Waals surface area (Å²) in [6, 6.07) is 5.63. The minimum Gasteiger partial charge on any atom is -0.265 e. The molecule has 0 saturated carbocycles. The largest absolute Gasteiger partial charge is 0.265 e. The topological polar surface area (TPSA) is 74.1 Å². The summed E-state index contributed by atoms with van der Waals surface area (Å²) < 4.78 is 25.2. The van der Waals surface area contributed by atoms with Crippen LogP contribution < -0.4 is 0 Å². The Morgan fingerprint density at radius 3 is 2.61 bits per heavy atom. The van der Waals surface area contributed by atoms with Gasteiger partial charge in [0.2, 0.25) is 10.0 Å². The Morgan fingerprint density at radius 1 is 1.44 bits per heavy atom. The number of aromatic nitrogens is 1. The summed E-state index contributed by atoms with van der Waals surface area (Å²) in [7, 11) is -1.79. The molecule has 0 amide bonds. The van der Waals surface area contributed by atoms with E-state index >= 15 is 0 Å². The Morgan fingerprint density at radius 2 is 2.06 bits per heavy atom. The fourth-order valence-electron chi connectivity index (χ4n) is 1.49. The highest BCUT2D eigenvalue weighted by molar-refractivity contribution is 7.89. The lowest BCUT2D eigenvalue weighted by Gasteiger charge is -2.18. The molecule has 1 aromatic rings. The highest BCUT2D eigenvalue weighted by atomic mass is 32.2. The van der Waals surface area contributed by atoms with E-state index in [1.54, 1.807) is 31.5 Å². The molecule has 1 aromatic heterocycles. The number of hydrogen-bond donors (Lipinski definition) is 0. The quantitative estimate of drug-likeness (QED) is 0.772. The Balaban J connectivity index is 2.57. The molecule has 18 heavy (non-hydrogen) atoms. The van der Waals surface area contributed by atoms with Crippen molar-refractivity contribution in [3.05, 3.63) is 30.1 Å². The minimum atomic E-state index is -3.30. The lowest BCUT2D eigenvalue weighted by atomic mass is 10.2. The van der Waals surface area contributed by atoms with Crippen LogP contribution in [0.4, 0.5) is 0 Å². The summed E-state index contributed by atoms with van der Waals surface area (Å²) in [5.74, 6) is -0.253. The molecular weight excluding hydrogens is 250 g/mol. The smallest absolute Gasteiger partial charge is 0.214 e. The number of aryl methyl sites for hydroxylation is 1. The van der Waals surface area contributed by atoms with E-state index in [9.17, 15) is 8.42 Å². The van der Waals surface area contributed by atoms with Gasteiger partial charge in [0.25, 0.3) is 0 Å². The van der Waals surface area contributed by atoms with Crippen LogP contribution in [-0.2, 0) is 16.4 Å². The lowest BCUT2D eigenvalue weighted by Crippen LogP contribution is -2.33. The molecule has 1 heterocycles. The van der Waals surface area contributed by atoms with Gasteiger partial charge in [-0.15, -0.1) is 0 Å². The van der Waals surface area contributed by atoms with Crippen LogP contribution in [0.2, 0.25) is 0 Å². The third kappa shape index (κ3) is 4.43. The molecule has 0 saturated heterocycles. The Bertz CT molecular complexity index is 508. The molecule has 0 N–H and O–H groups in total. The molecule has 0 aromatic carbocycles. The predicted molar refractivity (Wildman–Crippen MR) is 69.1 cm³/mol. The number of hydrogen-bond acceptors (Lipinski definition) is 4. The van der Waals surface area contributed by atoms with Gasteiger partial charge in [-0.05, 0) is 31.0 Å². The van der Waals surface area contributed by atoms with E-state index in [4.69, 9.17) is 5.26 Å². The van der Waals surface area contributed by atoms with E-state index in [1.807, 2.05) is 6.07 Å². The van der Waals surface area contributed by atoms with Crippen LogP contribution in [0.25, 0.3) is 0 Å². The van der Waals surface area contributed by atoms with Gasteiger partial charge in [-0.1, -0.05) is 0 Å². The molecule has 0 radical (unpaired) electrons. The second kappa shape index (κ2) is 6.47. The van der Waals surface area contributed by atoms with Crippen molar-refractivity contribution in [1.82, 2.24) is 9.29 Å². The molecule has 1 rings (SSSR count). The number of sulfonamides is 1. The first kappa shape index (κ1) is 14.6. The average molecular weight is 267 g/mol. The van der Waals surface area contributed by atoms with E-state index in [2.05, 4.69) is 4.98 Å². The summed E-state index contributed by atoms with van der Waals surface area (Å²) in [6.07, 6.45) is 3.74. The second-order valence-corrected chi connectivity index (χ2v) is 6.43. The highest BCUT2D eigenvalue weighted by Crippen LogP contribution is 2.07. The summed E-state index contributed by atoms with van der Waals surface area (Å²) in [5.41, 5.74) is 0.940. The molecule has 0 bridgehead atoms. The molecule has 1 unspecified atom stereocenters. The summed E-state index contributed by atoms with van der Waals surface area (Å²) >= 11 is 0. The van der Waals surface area contributed by atoms with Gasteiger partial charge >= 0.3 is 0 Å². The maximum absolute atomic E-state index is 12.0. The number of nitrogens with zero attached hydrogens (tertiary/aromatic N) is 3. The van der Waals surface area contributed by atoms with E-state index in [0.29, 0.717) is 6.42 Å². The lowest BCUT2D eigenvalue weighted by molar-refractivity contribution is 0.439. The monoisotopic (exact) mass is 267 g/mol. The molecule has 98 valence electrons. The van der Waals surface area contributed by atoms with Gasteiger partial charge in [-0.3, -0.25) is 4.98 Å². The van der Waals surface area contributed by atoms with E-state index in [-0.39, 0.29) is 18.2 Å². The molecule has 0 aliphatic carbocycles. The first-order valence-electron chi connectivity index (χ1n) is 5.68. The van der Waals surface area contributed by atoms with E-state index in [1.165, 1.54) is 11.4 Å². The summed E-state index contributed by atoms with van der Waals surface area (Å²) in [4.78, 5) is 3.88. The van der Waals surface area contributed by atoms with Crippen molar-refractivity contribution in [3.8, 4) is 6.07 Å². The molecule has 0 spiro atoms. The third-order valence-corrected chi connectivity index (χ3v) is 4.44. The SMILES string of the molecule is CC(C#N)CN(C)S(=O)(=O)CCc1ccncc1. The predicted octanol–water partition coefficient (Wildman–Crippen LogP) is 1.05. The zero-order chi connectivity index (χ0) is 13.6. The maximum Gasteiger partial charge on any atom is 0.214 e. The molecular formula is C12H17N3O2S. The normalized spacial score (nSPS) is 13.2. The second-order valence-electron chi connectivity index (χ2n) is 4.23. The first-order valence-corrected chi connectivity index (χ1v) is 7.29. The van der Waals surface area contributed by atoms with Crippen molar-refractivity contribution in [3.63, 3.8) is 0 Å². The Labute approximate surface area is 108 Å². The Kier molecular flexibility index (Phi) is 5.25. The van der Waals surface area contributed by atoms with Crippen LogP contribution >= 0.6 is 0 Å². The van der Waals surface area contributed by atoms with Crippen molar-refractivity contribution < 1.29 is 8.42 Å². The zero-order valence-corrected chi connectivity index (χ0v) is 11.4. The van der Waals surface area contributed by atoms with Crippen LogP contribution in [0, 0.1) is 17.2 Å². The fraction of sp³-hybridized carbons (Fsp3) is 0.500. The van der Waals surface area contributed by atoms with Crippen molar-refractivity contribution >= 4 is 10.0 Å². The minimum absolute atomic E-state index is 0.0473. The van der Waals surface area contributed by atoms with Gasteiger partial charge in [0, 0.05) is 26.0 Å². The van der Waals surface area contributed by atoms with Crippen LogP contribution in [0.15, 0.2) is 24.5 Å². The van der Waals surface area contributed by atoms with Crippen molar-refractivity contribution in [2.45, 2.75) is 13.3 Å². The average Bonchev–Trinajstić information content (AvgIpc) is 2.37. The van der Waals surface area contributed by atoms with Crippen LogP contribution in [0.1, 0.15) is 12.5 Å². The number of rotatable bonds is 6. The molecule has 0 aliphatic heterocycles. The highest BCUT2D eigenvalue weighted by Gasteiger charge is 2.19. The van der Waals surface area contributed by atoms with Crippen molar-refractivity contribution in [1.29, 1.82) is 5.26 Å². The number of nitriles is 1. The van der Waals surface area contributed by atoms with Gasteiger partial charge in [0.15, 0.2) is 0 Å². The Hall–Kier alpha value is -1.45. The van der Waals surface area contributed by atoms with Crippen molar-refractivity contribution in [2.75, 3.05) is 19.3 Å². The summed E-state index contributed by atoms with van der Waals surface area (Å²) in [6.45, 7) is 1.93. The number of pyridine rings is 1. The first-order chi connectivity index (χ1) is 8.45. The molecule has 0 aliphatic rings. The van der Waals surface area contributed by atoms with E-state index < -0.39 is 10.0 Å². The van der Waals surface area contributed by atoms with Crippen LogP contribution in [0.3, 0.4) is 0 Å². The van der Waals surface area contributed by atoms with Crippen molar-refractivity contribution in [2.24, 2.45) is 5.92 Å². The zero-order valence-electron chi connectivity index (χ0n) is 10.6. The molecule has 5 nitrogen and oxygen atoms in total. The van der Waals surface area contributed by atoms with Gasteiger partial charge < -0.3 is 0 Å².